The number of fused-ring (bicyclic) bond motifs is 1. The third-order valence-electron chi connectivity index (χ3n) is 3.05. The molecule has 1 aromatic carbocycles. The maximum absolute atomic E-state index is 12.1. The van der Waals surface area contributed by atoms with E-state index >= 15 is 0 Å². The standard InChI is InChI=1S/C13H14F3NO4/c1-8(17(2)21-12(18)13(14,15)16)5-9-3-4-10-11(6-9)20-7-19-10/h3-4,6,8H,5,7H2,1-2H3. The number of rotatable bonds is 4. The van der Waals surface area contributed by atoms with Gasteiger partial charge in [-0.2, -0.15) is 13.2 Å². The topological polar surface area (TPSA) is 48.0 Å². The van der Waals surface area contributed by atoms with Crippen LogP contribution in [0.4, 0.5) is 13.2 Å². The number of hydroxylamine groups is 2. The van der Waals surface area contributed by atoms with Crippen LogP contribution in [0.3, 0.4) is 0 Å². The molecule has 0 aliphatic carbocycles. The fourth-order valence-electron chi connectivity index (χ4n) is 1.81. The van der Waals surface area contributed by atoms with E-state index in [0.717, 1.165) is 10.6 Å². The minimum Gasteiger partial charge on any atom is -0.454 e. The molecule has 0 spiro atoms. The van der Waals surface area contributed by atoms with Gasteiger partial charge in [-0.25, -0.2) is 4.79 Å². The van der Waals surface area contributed by atoms with Gasteiger partial charge in [0.05, 0.1) is 0 Å². The monoisotopic (exact) mass is 305 g/mol. The minimum absolute atomic E-state index is 0.150. The van der Waals surface area contributed by atoms with Crippen molar-refractivity contribution in [3.05, 3.63) is 23.8 Å². The molecular formula is C13H14F3NO4. The number of halogens is 3. The summed E-state index contributed by atoms with van der Waals surface area (Å²) in [5, 5.41) is 0.889. The largest absolute Gasteiger partial charge is 0.492 e. The SMILES string of the molecule is CC(Cc1ccc2c(c1)OCO2)N(C)OC(=O)C(F)(F)F. The minimum atomic E-state index is -5.01. The Morgan fingerprint density at radius 3 is 2.71 bits per heavy atom. The lowest BCUT2D eigenvalue weighted by Crippen LogP contribution is -2.38. The van der Waals surface area contributed by atoms with Gasteiger partial charge in [-0.15, -0.1) is 5.06 Å². The molecule has 0 aromatic heterocycles. The van der Waals surface area contributed by atoms with Crippen LogP contribution in [0.1, 0.15) is 12.5 Å². The van der Waals surface area contributed by atoms with Crippen LogP contribution in [0.25, 0.3) is 0 Å². The Morgan fingerprint density at radius 1 is 1.38 bits per heavy atom. The molecule has 1 aliphatic rings. The fraction of sp³-hybridized carbons (Fsp3) is 0.462. The molecule has 0 radical (unpaired) electrons. The maximum atomic E-state index is 12.1. The van der Waals surface area contributed by atoms with E-state index in [-0.39, 0.29) is 6.79 Å². The summed E-state index contributed by atoms with van der Waals surface area (Å²) < 4.78 is 46.7. The molecule has 5 nitrogen and oxygen atoms in total. The molecule has 1 aromatic rings. The van der Waals surface area contributed by atoms with Crippen LogP contribution in [-0.2, 0) is 16.1 Å². The van der Waals surface area contributed by atoms with E-state index in [1.165, 1.54) is 7.05 Å². The molecule has 1 atom stereocenters. The van der Waals surface area contributed by atoms with Gasteiger partial charge in [0.1, 0.15) is 0 Å². The molecule has 8 heteroatoms. The lowest BCUT2D eigenvalue weighted by molar-refractivity contribution is -0.239. The number of nitrogens with zero attached hydrogens (tertiary/aromatic N) is 1. The van der Waals surface area contributed by atoms with E-state index in [0.29, 0.717) is 17.9 Å². The first-order chi connectivity index (χ1) is 9.77. The van der Waals surface area contributed by atoms with Crippen molar-refractivity contribution in [2.75, 3.05) is 13.8 Å². The van der Waals surface area contributed by atoms with Gasteiger partial charge in [0.15, 0.2) is 11.5 Å². The Hall–Kier alpha value is -1.96. The molecule has 0 saturated heterocycles. The molecule has 116 valence electrons. The molecule has 1 unspecified atom stereocenters. The highest BCUT2D eigenvalue weighted by Crippen LogP contribution is 2.33. The van der Waals surface area contributed by atoms with Gasteiger partial charge in [-0.05, 0) is 31.0 Å². The summed E-state index contributed by atoms with van der Waals surface area (Å²) in [5.74, 6) is -1.01. The lowest BCUT2D eigenvalue weighted by atomic mass is 10.1. The maximum Gasteiger partial charge on any atom is 0.492 e. The normalized spacial score (nSPS) is 15.1. The second-order valence-corrected chi connectivity index (χ2v) is 4.66. The molecular weight excluding hydrogens is 291 g/mol. The highest BCUT2D eigenvalue weighted by molar-refractivity contribution is 5.75. The van der Waals surface area contributed by atoms with Gasteiger partial charge in [0.25, 0.3) is 0 Å². The lowest BCUT2D eigenvalue weighted by Gasteiger charge is -2.23. The third kappa shape index (κ3) is 3.78. The molecule has 0 N–H and O–H groups in total. The third-order valence-corrected chi connectivity index (χ3v) is 3.05. The molecule has 0 saturated carbocycles. The molecule has 0 fully saturated rings. The molecule has 1 aliphatic heterocycles. The van der Waals surface area contributed by atoms with E-state index in [2.05, 4.69) is 4.84 Å². The molecule has 1 heterocycles. The van der Waals surface area contributed by atoms with Crippen LogP contribution in [0.15, 0.2) is 18.2 Å². The number of benzene rings is 1. The summed E-state index contributed by atoms with van der Waals surface area (Å²) in [6, 6.07) is 4.82. The summed E-state index contributed by atoms with van der Waals surface area (Å²) in [4.78, 5) is 15.0. The van der Waals surface area contributed by atoms with E-state index < -0.39 is 18.2 Å². The predicted molar refractivity (Wildman–Crippen MR) is 65.6 cm³/mol. The second kappa shape index (κ2) is 5.80. The first-order valence-electron chi connectivity index (χ1n) is 6.18. The zero-order chi connectivity index (χ0) is 15.6. The molecule has 21 heavy (non-hydrogen) atoms. The van der Waals surface area contributed by atoms with Crippen LogP contribution in [0.2, 0.25) is 0 Å². The Labute approximate surface area is 119 Å². The average Bonchev–Trinajstić information content (AvgIpc) is 2.84. The van der Waals surface area contributed by atoms with E-state index in [9.17, 15) is 18.0 Å². The van der Waals surface area contributed by atoms with Crippen LogP contribution >= 0.6 is 0 Å². The van der Waals surface area contributed by atoms with Crippen LogP contribution in [0, 0.1) is 0 Å². The van der Waals surface area contributed by atoms with Gasteiger partial charge in [-0.1, -0.05) is 6.07 Å². The zero-order valence-electron chi connectivity index (χ0n) is 11.4. The number of hydrogen-bond acceptors (Lipinski definition) is 5. The Balaban J connectivity index is 1.94. The highest BCUT2D eigenvalue weighted by Gasteiger charge is 2.42. The number of ether oxygens (including phenoxy) is 2. The van der Waals surface area contributed by atoms with Crippen molar-refractivity contribution in [3.63, 3.8) is 0 Å². The van der Waals surface area contributed by atoms with Gasteiger partial charge in [0, 0.05) is 13.1 Å². The Morgan fingerprint density at radius 2 is 2.05 bits per heavy atom. The van der Waals surface area contributed by atoms with Crippen molar-refractivity contribution < 1.29 is 32.3 Å². The van der Waals surface area contributed by atoms with Crippen LogP contribution in [0.5, 0.6) is 11.5 Å². The number of carbonyl (C=O) groups excluding carboxylic acids is 1. The summed E-state index contributed by atoms with van der Waals surface area (Å²) >= 11 is 0. The van der Waals surface area contributed by atoms with Crippen molar-refractivity contribution in [2.24, 2.45) is 0 Å². The highest BCUT2D eigenvalue weighted by atomic mass is 19.4. The number of hydrogen-bond donors (Lipinski definition) is 0. The zero-order valence-corrected chi connectivity index (χ0v) is 11.4. The van der Waals surface area contributed by atoms with Crippen molar-refractivity contribution in [1.82, 2.24) is 5.06 Å². The smallest absolute Gasteiger partial charge is 0.454 e. The van der Waals surface area contributed by atoms with Gasteiger partial charge in [-0.3, -0.25) is 0 Å². The van der Waals surface area contributed by atoms with Crippen molar-refractivity contribution in [2.45, 2.75) is 25.6 Å². The van der Waals surface area contributed by atoms with E-state index in [1.54, 1.807) is 25.1 Å². The fourth-order valence-corrected chi connectivity index (χ4v) is 1.81. The van der Waals surface area contributed by atoms with Gasteiger partial charge < -0.3 is 14.3 Å². The van der Waals surface area contributed by atoms with Crippen molar-refractivity contribution in [3.8, 4) is 11.5 Å². The Kier molecular flexibility index (Phi) is 4.26. The second-order valence-electron chi connectivity index (χ2n) is 4.66. The van der Waals surface area contributed by atoms with E-state index in [4.69, 9.17) is 9.47 Å². The van der Waals surface area contributed by atoms with Crippen LogP contribution in [-0.4, -0.2) is 37.1 Å². The predicted octanol–water partition coefficient (Wildman–Crippen LogP) is 2.30. The molecule has 0 bridgehead atoms. The average molecular weight is 305 g/mol. The summed E-state index contributed by atoms with van der Waals surface area (Å²) in [7, 11) is 1.28. The van der Waals surface area contributed by atoms with Crippen molar-refractivity contribution >= 4 is 5.97 Å². The van der Waals surface area contributed by atoms with Gasteiger partial charge in [0.2, 0.25) is 6.79 Å². The van der Waals surface area contributed by atoms with Crippen LogP contribution < -0.4 is 9.47 Å². The number of carbonyl (C=O) groups is 1. The first kappa shape index (κ1) is 15.4. The van der Waals surface area contributed by atoms with E-state index in [1.807, 2.05) is 0 Å². The molecule has 0 amide bonds. The van der Waals surface area contributed by atoms with Gasteiger partial charge >= 0.3 is 12.1 Å². The molecule has 2 rings (SSSR count). The quantitative estimate of drug-likeness (QED) is 0.799. The first-order valence-corrected chi connectivity index (χ1v) is 6.18. The Bertz CT molecular complexity index is 533. The summed E-state index contributed by atoms with van der Waals surface area (Å²) in [6.07, 6.45) is -4.62. The van der Waals surface area contributed by atoms with Crippen molar-refractivity contribution in [1.29, 1.82) is 0 Å². The number of alkyl halides is 3. The number of likely N-dealkylation sites (N-methyl/N-ethyl adjacent to an activating group) is 1. The summed E-state index contributed by atoms with van der Waals surface area (Å²) in [5.41, 5.74) is 0.835. The summed E-state index contributed by atoms with van der Waals surface area (Å²) in [6.45, 7) is 1.80.